The molecule has 4 atom stereocenters. The highest BCUT2D eigenvalue weighted by molar-refractivity contribution is 5.97. The molecule has 0 spiro atoms. The predicted octanol–water partition coefficient (Wildman–Crippen LogP) is 2.41. The van der Waals surface area contributed by atoms with Crippen molar-refractivity contribution in [2.75, 3.05) is 13.1 Å². The Labute approximate surface area is 125 Å². The molecular weight excluding hydrogens is 266 g/mol. The molecule has 4 nitrogen and oxygen atoms in total. The normalized spacial score (nSPS) is 31.7. The number of hydrogen-bond donors (Lipinski definition) is 1. The maximum atomic E-state index is 12.8. The van der Waals surface area contributed by atoms with Crippen LogP contribution in [0.25, 0.3) is 0 Å². The number of aliphatic hydroxyl groups is 1. The highest BCUT2D eigenvalue weighted by Gasteiger charge is 2.34. The van der Waals surface area contributed by atoms with E-state index in [2.05, 4.69) is 6.92 Å². The third-order valence-corrected chi connectivity index (χ3v) is 4.92. The van der Waals surface area contributed by atoms with Crippen molar-refractivity contribution < 1.29 is 14.6 Å². The number of aliphatic hydroxyl groups excluding tert-OH is 1. The van der Waals surface area contributed by atoms with Gasteiger partial charge in [-0.1, -0.05) is 26.0 Å². The van der Waals surface area contributed by atoms with Crippen LogP contribution in [-0.2, 0) is 0 Å². The number of rotatable bonds is 1. The maximum Gasteiger partial charge on any atom is 0.257 e. The van der Waals surface area contributed by atoms with Gasteiger partial charge in [0, 0.05) is 24.6 Å². The monoisotopic (exact) mass is 289 g/mol. The van der Waals surface area contributed by atoms with Crippen LogP contribution >= 0.6 is 0 Å². The zero-order valence-corrected chi connectivity index (χ0v) is 12.9. The topological polar surface area (TPSA) is 49.8 Å². The molecule has 1 saturated heterocycles. The van der Waals surface area contributed by atoms with Crippen LogP contribution in [0.5, 0.6) is 5.75 Å². The smallest absolute Gasteiger partial charge is 0.257 e. The molecule has 1 amide bonds. The summed E-state index contributed by atoms with van der Waals surface area (Å²) in [6, 6.07) is 5.83. The first kappa shape index (κ1) is 14.4. The first-order valence-corrected chi connectivity index (χ1v) is 7.76. The van der Waals surface area contributed by atoms with Crippen LogP contribution in [0.15, 0.2) is 18.2 Å². The average molecular weight is 289 g/mol. The Morgan fingerprint density at radius 3 is 2.81 bits per heavy atom. The minimum Gasteiger partial charge on any atom is -0.489 e. The Bertz CT molecular complexity index is 557. The van der Waals surface area contributed by atoms with Crippen LogP contribution < -0.4 is 4.74 Å². The van der Waals surface area contributed by atoms with E-state index in [0.29, 0.717) is 31.0 Å². The van der Waals surface area contributed by atoms with Gasteiger partial charge in [0.2, 0.25) is 0 Å². The fraction of sp³-hybridized carbons (Fsp3) is 0.588. The Balaban J connectivity index is 1.87. The lowest BCUT2D eigenvalue weighted by atomic mass is 9.94. The molecule has 0 aliphatic carbocycles. The molecule has 1 aromatic rings. The number of piperidine rings is 1. The van der Waals surface area contributed by atoms with Crippen molar-refractivity contribution >= 4 is 5.91 Å². The predicted molar refractivity (Wildman–Crippen MR) is 80.6 cm³/mol. The summed E-state index contributed by atoms with van der Waals surface area (Å²) in [6.45, 7) is 7.37. The molecule has 2 aliphatic rings. The van der Waals surface area contributed by atoms with Gasteiger partial charge in [0.1, 0.15) is 11.9 Å². The van der Waals surface area contributed by atoms with Gasteiger partial charge >= 0.3 is 0 Å². The van der Waals surface area contributed by atoms with Gasteiger partial charge in [0.05, 0.1) is 11.7 Å². The number of para-hydroxylation sites is 1. The number of amides is 1. The highest BCUT2D eigenvalue weighted by Crippen LogP contribution is 2.40. The van der Waals surface area contributed by atoms with E-state index in [1.807, 2.05) is 36.9 Å². The molecule has 4 unspecified atom stereocenters. The third kappa shape index (κ3) is 2.42. The highest BCUT2D eigenvalue weighted by atomic mass is 16.5. The Kier molecular flexibility index (Phi) is 3.66. The second-order valence-corrected chi connectivity index (χ2v) is 6.42. The van der Waals surface area contributed by atoms with Gasteiger partial charge in [-0.3, -0.25) is 4.79 Å². The summed E-state index contributed by atoms with van der Waals surface area (Å²) in [4.78, 5) is 14.6. The molecule has 2 aliphatic heterocycles. The number of likely N-dealkylation sites (tertiary alicyclic amines) is 1. The third-order valence-electron chi connectivity index (χ3n) is 4.92. The molecule has 114 valence electrons. The van der Waals surface area contributed by atoms with E-state index in [0.717, 1.165) is 11.3 Å². The van der Waals surface area contributed by atoms with Crippen LogP contribution in [-0.4, -0.2) is 41.2 Å². The Morgan fingerprint density at radius 1 is 1.33 bits per heavy atom. The second kappa shape index (κ2) is 5.34. The van der Waals surface area contributed by atoms with E-state index in [4.69, 9.17) is 4.74 Å². The molecule has 2 heterocycles. The quantitative estimate of drug-likeness (QED) is 0.863. The van der Waals surface area contributed by atoms with Gasteiger partial charge in [-0.05, 0) is 25.3 Å². The van der Waals surface area contributed by atoms with Crippen molar-refractivity contribution in [2.45, 2.75) is 45.3 Å². The van der Waals surface area contributed by atoms with Crippen molar-refractivity contribution in [2.24, 2.45) is 5.92 Å². The lowest BCUT2D eigenvalue weighted by Gasteiger charge is -2.34. The summed E-state index contributed by atoms with van der Waals surface area (Å²) in [5.41, 5.74) is 1.78. The largest absolute Gasteiger partial charge is 0.489 e. The van der Waals surface area contributed by atoms with E-state index in [9.17, 15) is 9.90 Å². The Morgan fingerprint density at radius 2 is 2.10 bits per heavy atom. The molecule has 0 aromatic heterocycles. The zero-order valence-electron chi connectivity index (χ0n) is 12.9. The molecule has 21 heavy (non-hydrogen) atoms. The minimum atomic E-state index is -0.299. The second-order valence-electron chi connectivity index (χ2n) is 6.42. The maximum absolute atomic E-state index is 12.8. The van der Waals surface area contributed by atoms with E-state index in [1.54, 1.807) is 0 Å². The summed E-state index contributed by atoms with van der Waals surface area (Å²) >= 11 is 0. The molecule has 1 fully saturated rings. The van der Waals surface area contributed by atoms with Crippen LogP contribution in [0.3, 0.4) is 0 Å². The molecular formula is C17H23NO3. The number of hydrogen-bond acceptors (Lipinski definition) is 3. The zero-order chi connectivity index (χ0) is 15.1. The molecule has 0 bridgehead atoms. The summed E-state index contributed by atoms with van der Waals surface area (Å²) in [5.74, 6) is 1.21. The van der Waals surface area contributed by atoms with E-state index < -0.39 is 0 Å². The van der Waals surface area contributed by atoms with Crippen molar-refractivity contribution in [3.63, 3.8) is 0 Å². The molecule has 0 radical (unpaired) electrons. The number of nitrogens with zero attached hydrogens (tertiary/aromatic N) is 1. The van der Waals surface area contributed by atoms with Gasteiger partial charge in [-0.15, -0.1) is 0 Å². The number of fused-ring (bicyclic) bond motifs is 1. The van der Waals surface area contributed by atoms with Crippen LogP contribution in [0.1, 0.15) is 49.0 Å². The average Bonchev–Trinajstić information content (AvgIpc) is 2.77. The number of benzene rings is 1. The lowest BCUT2D eigenvalue weighted by molar-refractivity contribution is 0.0295. The van der Waals surface area contributed by atoms with Crippen molar-refractivity contribution in [1.29, 1.82) is 0 Å². The van der Waals surface area contributed by atoms with Gasteiger partial charge in [0.15, 0.2) is 0 Å². The van der Waals surface area contributed by atoms with E-state index in [-0.39, 0.29) is 24.0 Å². The SMILES string of the molecule is CC1CN(C(=O)c2cccc3c2OC(C)C3C)CCC1O. The molecule has 1 aromatic carbocycles. The molecule has 4 heteroatoms. The van der Waals surface area contributed by atoms with Crippen molar-refractivity contribution in [3.05, 3.63) is 29.3 Å². The van der Waals surface area contributed by atoms with Gasteiger partial charge < -0.3 is 14.7 Å². The summed E-state index contributed by atoms with van der Waals surface area (Å²) in [7, 11) is 0. The van der Waals surface area contributed by atoms with Gasteiger partial charge in [-0.2, -0.15) is 0 Å². The number of carbonyl (C=O) groups excluding carboxylic acids is 1. The Hall–Kier alpha value is -1.55. The fourth-order valence-electron chi connectivity index (χ4n) is 3.24. The number of ether oxygens (including phenoxy) is 1. The number of carbonyl (C=O) groups is 1. The summed E-state index contributed by atoms with van der Waals surface area (Å²) in [6.07, 6.45) is 0.457. The lowest BCUT2D eigenvalue weighted by Crippen LogP contribution is -2.45. The van der Waals surface area contributed by atoms with Gasteiger partial charge in [-0.25, -0.2) is 0 Å². The van der Waals surface area contributed by atoms with Gasteiger partial charge in [0.25, 0.3) is 5.91 Å². The van der Waals surface area contributed by atoms with Crippen LogP contribution in [0, 0.1) is 5.92 Å². The van der Waals surface area contributed by atoms with Crippen LogP contribution in [0.4, 0.5) is 0 Å². The molecule has 3 rings (SSSR count). The summed E-state index contributed by atoms with van der Waals surface area (Å²) in [5, 5.41) is 9.81. The van der Waals surface area contributed by atoms with E-state index >= 15 is 0 Å². The minimum absolute atomic E-state index is 0.0203. The molecule has 0 saturated carbocycles. The molecule has 1 N–H and O–H groups in total. The van der Waals surface area contributed by atoms with Crippen molar-refractivity contribution in [1.82, 2.24) is 4.90 Å². The van der Waals surface area contributed by atoms with Crippen LogP contribution in [0.2, 0.25) is 0 Å². The first-order chi connectivity index (χ1) is 9.99. The fourth-order valence-corrected chi connectivity index (χ4v) is 3.24. The van der Waals surface area contributed by atoms with E-state index in [1.165, 1.54) is 0 Å². The standard InChI is InChI=1S/C17H23NO3/c1-10-9-18(8-7-15(10)19)17(20)14-6-4-5-13-11(2)12(3)21-16(13)14/h4-6,10-12,15,19H,7-9H2,1-3H3. The van der Waals surface area contributed by atoms with Crippen molar-refractivity contribution in [3.8, 4) is 5.75 Å². The summed E-state index contributed by atoms with van der Waals surface area (Å²) < 4.78 is 5.91. The first-order valence-electron chi connectivity index (χ1n) is 7.76.